The lowest BCUT2D eigenvalue weighted by Crippen LogP contribution is -2.28. The van der Waals surface area contributed by atoms with Crippen LogP contribution in [0.25, 0.3) is 0 Å². The van der Waals surface area contributed by atoms with Gasteiger partial charge in [0, 0.05) is 18.1 Å². The van der Waals surface area contributed by atoms with Crippen molar-refractivity contribution in [3.63, 3.8) is 0 Å². The lowest BCUT2D eigenvalue weighted by atomic mass is 9.89. The minimum Gasteiger partial charge on any atom is -0.478 e. The average Bonchev–Trinajstić information content (AvgIpc) is 2.39. The number of carboxylic acid groups (broad SMARTS) is 1. The van der Waals surface area contributed by atoms with Crippen LogP contribution in [0.15, 0.2) is 22.7 Å². The summed E-state index contributed by atoms with van der Waals surface area (Å²) in [6.07, 6.45) is 6.50. The van der Waals surface area contributed by atoms with Gasteiger partial charge in [-0.2, -0.15) is 0 Å². The van der Waals surface area contributed by atoms with Gasteiger partial charge in [0.1, 0.15) is 0 Å². The molecule has 0 spiro atoms. The second-order valence-corrected chi connectivity index (χ2v) is 6.27. The molecule has 1 aliphatic carbocycles. The van der Waals surface area contributed by atoms with Crippen molar-refractivity contribution in [3.8, 4) is 0 Å². The maximum atomic E-state index is 11.3. The van der Waals surface area contributed by atoms with E-state index >= 15 is 0 Å². The average molecular weight is 326 g/mol. The first-order valence-electron chi connectivity index (χ1n) is 6.82. The van der Waals surface area contributed by atoms with Gasteiger partial charge in [-0.25, -0.2) is 4.79 Å². The maximum absolute atomic E-state index is 11.3. The third-order valence-electron chi connectivity index (χ3n) is 3.86. The molecule has 0 bridgehead atoms. The van der Waals surface area contributed by atoms with Gasteiger partial charge in [0.25, 0.3) is 0 Å². The molecule has 0 unspecified atom stereocenters. The molecule has 0 aromatic heterocycles. The fourth-order valence-corrected chi connectivity index (χ4v) is 3.23. The Bertz CT molecular complexity index is 455. The molecule has 19 heavy (non-hydrogen) atoms. The van der Waals surface area contributed by atoms with Gasteiger partial charge in [0.05, 0.1) is 11.3 Å². The highest BCUT2D eigenvalue weighted by atomic mass is 79.9. The molecule has 1 saturated carbocycles. The summed E-state index contributed by atoms with van der Waals surface area (Å²) in [5.41, 5.74) is 1.17. The van der Waals surface area contributed by atoms with Crippen LogP contribution in [0.4, 0.5) is 5.69 Å². The number of aromatic carboxylic acids is 1. The largest absolute Gasteiger partial charge is 0.478 e. The van der Waals surface area contributed by atoms with Gasteiger partial charge in [-0.1, -0.05) is 35.2 Å². The molecular weight excluding hydrogens is 306 g/mol. The Kier molecular flexibility index (Phi) is 4.86. The van der Waals surface area contributed by atoms with E-state index in [4.69, 9.17) is 0 Å². The van der Waals surface area contributed by atoms with Crippen molar-refractivity contribution in [2.45, 2.75) is 32.1 Å². The van der Waals surface area contributed by atoms with Gasteiger partial charge >= 0.3 is 5.97 Å². The van der Waals surface area contributed by atoms with Crippen molar-refractivity contribution in [2.75, 3.05) is 18.5 Å². The number of nitrogens with zero attached hydrogens (tertiary/aromatic N) is 1. The Hall–Kier alpha value is -1.03. The summed E-state index contributed by atoms with van der Waals surface area (Å²) in [6.45, 7) is 0.946. The summed E-state index contributed by atoms with van der Waals surface area (Å²) < 4.78 is 0.805. The molecular formula is C15H20BrNO2. The zero-order valence-electron chi connectivity index (χ0n) is 11.2. The number of anilines is 1. The van der Waals surface area contributed by atoms with Gasteiger partial charge in [-0.15, -0.1) is 0 Å². The molecule has 0 amide bonds. The fourth-order valence-electron chi connectivity index (χ4n) is 2.87. The summed E-state index contributed by atoms with van der Waals surface area (Å²) in [5.74, 6) is -0.171. The minimum absolute atomic E-state index is 0.368. The normalized spacial score (nSPS) is 16.3. The number of halogens is 1. The Balaban J connectivity index is 2.13. The highest BCUT2D eigenvalue weighted by Crippen LogP contribution is 2.28. The Morgan fingerprint density at radius 3 is 2.68 bits per heavy atom. The van der Waals surface area contributed by atoms with Crippen molar-refractivity contribution in [2.24, 2.45) is 5.92 Å². The van der Waals surface area contributed by atoms with Crippen LogP contribution in [-0.4, -0.2) is 24.7 Å². The van der Waals surface area contributed by atoms with Gasteiger partial charge in [0.15, 0.2) is 0 Å². The Morgan fingerprint density at radius 2 is 2.05 bits per heavy atom. The van der Waals surface area contributed by atoms with Crippen molar-refractivity contribution < 1.29 is 9.90 Å². The number of rotatable bonds is 4. The highest BCUT2D eigenvalue weighted by molar-refractivity contribution is 9.10. The number of hydrogen-bond acceptors (Lipinski definition) is 2. The molecule has 0 heterocycles. The van der Waals surface area contributed by atoms with E-state index in [0.29, 0.717) is 11.5 Å². The molecule has 0 atom stereocenters. The summed E-state index contributed by atoms with van der Waals surface area (Å²) in [6, 6.07) is 5.46. The maximum Gasteiger partial charge on any atom is 0.337 e. The van der Waals surface area contributed by atoms with E-state index in [2.05, 4.69) is 20.8 Å². The van der Waals surface area contributed by atoms with E-state index < -0.39 is 5.97 Å². The van der Waals surface area contributed by atoms with Gasteiger partial charge < -0.3 is 10.0 Å². The molecule has 1 fully saturated rings. The van der Waals surface area contributed by atoms with Crippen LogP contribution in [0, 0.1) is 5.92 Å². The lowest BCUT2D eigenvalue weighted by molar-refractivity contribution is 0.0697. The molecule has 104 valence electrons. The summed E-state index contributed by atoms with van der Waals surface area (Å²) >= 11 is 3.33. The second kappa shape index (κ2) is 6.42. The molecule has 0 saturated heterocycles. The number of carboxylic acids is 1. The van der Waals surface area contributed by atoms with Crippen molar-refractivity contribution in [1.82, 2.24) is 0 Å². The van der Waals surface area contributed by atoms with Crippen molar-refractivity contribution >= 4 is 27.6 Å². The predicted molar refractivity (Wildman–Crippen MR) is 80.9 cm³/mol. The summed E-state index contributed by atoms with van der Waals surface area (Å²) in [7, 11) is 1.99. The summed E-state index contributed by atoms with van der Waals surface area (Å²) in [4.78, 5) is 13.4. The van der Waals surface area contributed by atoms with E-state index in [1.807, 2.05) is 19.2 Å². The topological polar surface area (TPSA) is 40.5 Å². The third kappa shape index (κ3) is 3.72. The standard InChI is InChI=1S/C15H20BrNO2/c1-17(10-11-5-3-2-4-6-11)14-8-7-12(16)9-13(14)15(18)19/h7-9,11H,2-6,10H2,1H3,(H,18,19). The van der Waals surface area contributed by atoms with E-state index in [1.165, 1.54) is 32.1 Å². The van der Waals surface area contributed by atoms with Crippen molar-refractivity contribution in [3.05, 3.63) is 28.2 Å². The zero-order chi connectivity index (χ0) is 13.8. The fraction of sp³-hybridized carbons (Fsp3) is 0.533. The molecule has 1 aromatic rings. The molecule has 2 rings (SSSR count). The van der Waals surface area contributed by atoms with Crippen LogP contribution >= 0.6 is 15.9 Å². The molecule has 0 aliphatic heterocycles. The SMILES string of the molecule is CN(CC1CCCCC1)c1ccc(Br)cc1C(=O)O. The van der Waals surface area contributed by atoms with Crippen LogP contribution in [0.5, 0.6) is 0 Å². The quantitative estimate of drug-likeness (QED) is 0.903. The molecule has 3 nitrogen and oxygen atoms in total. The molecule has 1 aliphatic rings. The first-order chi connectivity index (χ1) is 9.08. The minimum atomic E-state index is -0.869. The molecule has 1 N–H and O–H groups in total. The molecule has 4 heteroatoms. The molecule has 1 aromatic carbocycles. The molecule has 0 radical (unpaired) electrons. The number of carbonyl (C=O) groups is 1. The Labute approximate surface area is 122 Å². The van der Waals surface area contributed by atoms with Crippen LogP contribution in [0.1, 0.15) is 42.5 Å². The summed E-state index contributed by atoms with van der Waals surface area (Å²) in [5, 5.41) is 9.30. The van der Waals surface area contributed by atoms with E-state index in [1.54, 1.807) is 6.07 Å². The van der Waals surface area contributed by atoms with E-state index in [-0.39, 0.29) is 0 Å². The van der Waals surface area contributed by atoms with Gasteiger partial charge in [-0.3, -0.25) is 0 Å². The third-order valence-corrected chi connectivity index (χ3v) is 4.35. The van der Waals surface area contributed by atoms with Crippen LogP contribution in [0.3, 0.4) is 0 Å². The van der Waals surface area contributed by atoms with Gasteiger partial charge in [0.2, 0.25) is 0 Å². The van der Waals surface area contributed by atoms with Crippen LogP contribution in [-0.2, 0) is 0 Å². The predicted octanol–water partition coefficient (Wildman–Crippen LogP) is 4.16. The monoisotopic (exact) mass is 325 g/mol. The van der Waals surface area contributed by atoms with Crippen LogP contribution < -0.4 is 4.90 Å². The lowest BCUT2D eigenvalue weighted by Gasteiger charge is -2.29. The first-order valence-corrected chi connectivity index (χ1v) is 7.61. The number of benzene rings is 1. The number of hydrogen-bond donors (Lipinski definition) is 1. The smallest absolute Gasteiger partial charge is 0.337 e. The van der Waals surface area contributed by atoms with Crippen LogP contribution in [0.2, 0.25) is 0 Å². The second-order valence-electron chi connectivity index (χ2n) is 5.35. The van der Waals surface area contributed by atoms with E-state index in [9.17, 15) is 9.90 Å². The zero-order valence-corrected chi connectivity index (χ0v) is 12.8. The van der Waals surface area contributed by atoms with Crippen molar-refractivity contribution in [1.29, 1.82) is 0 Å². The van der Waals surface area contributed by atoms with Gasteiger partial charge in [-0.05, 0) is 37.0 Å². The first kappa shape index (κ1) is 14.4. The highest BCUT2D eigenvalue weighted by Gasteiger charge is 2.19. The Morgan fingerprint density at radius 1 is 1.37 bits per heavy atom. The van der Waals surface area contributed by atoms with E-state index in [0.717, 1.165) is 16.7 Å².